The average molecular weight is 435 g/mol. The van der Waals surface area contributed by atoms with E-state index in [4.69, 9.17) is 9.97 Å². The van der Waals surface area contributed by atoms with Crippen molar-refractivity contribution in [1.82, 2.24) is 15.0 Å². The summed E-state index contributed by atoms with van der Waals surface area (Å²) in [7, 11) is 0. The van der Waals surface area contributed by atoms with Crippen molar-refractivity contribution < 1.29 is 14.0 Å². The van der Waals surface area contributed by atoms with E-state index < -0.39 is 12.0 Å². The molecular weight excluding hydrogens is 413 g/mol. The second kappa shape index (κ2) is 8.45. The molecule has 5 rings (SSSR count). The fraction of sp³-hybridized carbons (Fsp3) is 0.364. The Kier molecular flexibility index (Phi) is 5.34. The molecule has 2 aromatic rings. The standard InChI is InChI=1S/C22H22FN7O2/c23-18-8-6-13(11-24-18)26-21(32)17-5-2-10-30(17)22-27-16-4-1-3-15(16)20(29-22)28-19-9-7-14(31)12-25-19/h6-9,11,17H,1-5,10,12H2,(H,26,32)(H,25,27,28,29). The van der Waals surface area contributed by atoms with Crippen LogP contribution in [0.5, 0.6) is 0 Å². The summed E-state index contributed by atoms with van der Waals surface area (Å²) in [6, 6.07) is 2.26. The van der Waals surface area contributed by atoms with Crippen molar-refractivity contribution in [3.05, 3.63) is 47.7 Å². The number of halogens is 1. The first-order valence-electron chi connectivity index (χ1n) is 10.7. The van der Waals surface area contributed by atoms with E-state index in [1.54, 1.807) is 6.08 Å². The quantitative estimate of drug-likeness (QED) is 0.707. The van der Waals surface area contributed by atoms with E-state index in [0.717, 1.165) is 36.9 Å². The summed E-state index contributed by atoms with van der Waals surface area (Å²) < 4.78 is 13.1. The molecule has 0 bridgehead atoms. The van der Waals surface area contributed by atoms with Crippen LogP contribution < -0.4 is 15.5 Å². The maximum Gasteiger partial charge on any atom is 0.247 e. The number of carbonyl (C=O) groups excluding carboxylic acids is 2. The molecule has 0 spiro atoms. The number of hydrogen-bond acceptors (Lipinski definition) is 8. The lowest BCUT2D eigenvalue weighted by molar-refractivity contribution is -0.117. The molecule has 1 aliphatic carbocycles. The van der Waals surface area contributed by atoms with Crippen molar-refractivity contribution in [2.45, 2.75) is 38.1 Å². The highest BCUT2D eigenvalue weighted by Crippen LogP contribution is 2.31. The van der Waals surface area contributed by atoms with E-state index in [-0.39, 0.29) is 18.2 Å². The van der Waals surface area contributed by atoms with Gasteiger partial charge in [-0.05, 0) is 56.4 Å². The van der Waals surface area contributed by atoms with E-state index in [0.29, 0.717) is 36.3 Å². The highest BCUT2D eigenvalue weighted by atomic mass is 19.1. The number of amidine groups is 1. The third kappa shape index (κ3) is 4.08. The minimum Gasteiger partial charge on any atom is -0.329 e. The maximum absolute atomic E-state index is 13.1. The Bertz CT molecular complexity index is 1130. The molecule has 0 saturated carbocycles. The van der Waals surface area contributed by atoms with Crippen LogP contribution in [-0.4, -0.2) is 51.6 Å². The van der Waals surface area contributed by atoms with Gasteiger partial charge >= 0.3 is 0 Å². The average Bonchev–Trinajstić information content (AvgIpc) is 3.46. The summed E-state index contributed by atoms with van der Waals surface area (Å²) in [6.45, 7) is 0.777. The van der Waals surface area contributed by atoms with Crippen molar-refractivity contribution in [2.24, 2.45) is 4.99 Å². The first-order chi connectivity index (χ1) is 15.6. The number of fused-ring (bicyclic) bond motifs is 1. The topological polar surface area (TPSA) is 112 Å². The van der Waals surface area contributed by atoms with Crippen LogP contribution in [0, 0.1) is 5.95 Å². The summed E-state index contributed by atoms with van der Waals surface area (Å²) in [5, 5.41) is 6.05. The lowest BCUT2D eigenvalue weighted by Crippen LogP contribution is -2.41. The molecule has 164 valence electrons. The Morgan fingerprint density at radius 3 is 2.84 bits per heavy atom. The molecule has 10 heteroatoms. The number of nitrogens with one attached hydrogen (secondary N) is 2. The Hall–Kier alpha value is -3.69. The predicted molar refractivity (Wildman–Crippen MR) is 117 cm³/mol. The summed E-state index contributed by atoms with van der Waals surface area (Å²) in [6.07, 6.45) is 8.66. The zero-order valence-corrected chi connectivity index (χ0v) is 17.3. The van der Waals surface area contributed by atoms with Gasteiger partial charge in [-0.15, -0.1) is 0 Å². The smallest absolute Gasteiger partial charge is 0.247 e. The van der Waals surface area contributed by atoms with Crippen molar-refractivity contribution >= 4 is 35.0 Å². The fourth-order valence-corrected chi connectivity index (χ4v) is 4.25. The molecule has 32 heavy (non-hydrogen) atoms. The number of amides is 1. The van der Waals surface area contributed by atoms with Gasteiger partial charge in [-0.3, -0.25) is 14.6 Å². The third-order valence-corrected chi connectivity index (χ3v) is 5.81. The maximum atomic E-state index is 13.1. The fourth-order valence-electron chi connectivity index (χ4n) is 4.25. The highest BCUT2D eigenvalue weighted by molar-refractivity contribution is 6.11. The van der Waals surface area contributed by atoms with Crippen LogP contribution in [-0.2, 0) is 22.4 Å². The second-order valence-electron chi connectivity index (χ2n) is 7.99. The van der Waals surface area contributed by atoms with E-state index in [9.17, 15) is 14.0 Å². The van der Waals surface area contributed by atoms with Gasteiger partial charge in [0.1, 0.15) is 24.2 Å². The largest absolute Gasteiger partial charge is 0.329 e. The summed E-state index contributed by atoms with van der Waals surface area (Å²) >= 11 is 0. The molecule has 1 unspecified atom stereocenters. The Labute approximate surface area is 183 Å². The Morgan fingerprint density at radius 2 is 2.06 bits per heavy atom. The molecular formula is C22H22FN7O2. The molecule has 2 aromatic heterocycles. The molecule has 1 amide bonds. The molecule has 0 aromatic carbocycles. The van der Waals surface area contributed by atoms with Gasteiger partial charge in [-0.1, -0.05) is 0 Å². The number of anilines is 3. The molecule has 1 atom stereocenters. The number of ketones is 1. The van der Waals surface area contributed by atoms with E-state index in [2.05, 4.69) is 20.6 Å². The van der Waals surface area contributed by atoms with Crippen LogP contribution in [0.15, 0.2) is 35.5 Å². The van der Waals surface area contributed by atoms with Crippen LogP contribution in [0.2, 0.25) is 0 Å². The zero-order valence-electron chi connectivity index (χ0n) is 17.3. The number of aryl methyl sites for hydroxylation is 1. The lowest BCUT2D eigenvalue weighted by atomic mass is 10.2. The molecule has 1 fully saturated rings. The Morgan fingerprint density at radius 1 is 1.16 bits per heavy atom. The number of pyridine rings is 1. The number of nitrogens with zero attached hydrogens (tertiary/aromatic N) is 5. The van der Waals surface area contributed by atoms with Gasteiger partial charge in [0.15, 0.2) is 5.78 Å². The molecule has 1 saturated heterocycles. The van der Waals surface area contributed by atoms with Gasteiger partial charge in [-0.25, -0.2) is 9.97 Å². The van der Waals surface area contributed by atoms with Gasteiger partial charge in [0, 0.05) is 12.1 Å². The normalized spacial score (nSPS) is 19.7. The monoisotopic (exact) mass is 435 g/mol. The van der Waals surface area contributed by atoms with Gasteiger partial charge in [0.25, 0.3) is 0 Å². The summed E-state index contributed by atoms with van der Waals surface area (Å²) in [5.41, 5.74) is 2.47. The predicted octanol–water partition coefficient (Wildman–Crippen LogP) is 2.06. The summed E-state index contributed by atoms with van der Waals surface area (Å²) in [5.74, 6) is 0.925. The number of aliphatic imine (C=N–C) groups is 1. The van der Waals surface area contributed by atoms with Crippen LogP contribution >= 0.6 is 0 Å². The highest BCUT2D eigenvalue weighted by Gasteiger charge is 2.34. The van der Waals surface area contributed by atoms with E-state index in [1.165, 1.54) is 24.4 Å². The van der Waals surface area contributed by atoms with E-state index >= 15 is 0 Å². The molecule has 0 radical (unpaired) electrons. The lowest BCUT2D eigenvalue weighted by Gasteiger charge is -2.25. The van der Waals surface area contributed by atoms with Crippen molar-refractivity contribution in [3.8, 4) is 0 Å². The van der Waals surface area contributed by atoms with Crippen molar-refractivity contribution in [1.29, 1.82) is 0 Å². The molecule has 2 aliphatic heterocycles. The molecule has 3 aliphatic rings. The van der Waals surface area contributed by atoms with Gasteiger partial charge in [0.05, 0.1) is 17.6 Å². The van der Waals surface area contributed by atoms with Gasteiger partial charge in [0.2, 0.25) is 17.8 Å². The molecule has 4 heterocycles. The van der Waals surface area contributed by atoms with Crippen LogP contribution in [0.1, 0.15) is 30.5 Å². The van der Waals surface area contributed by atoms with Crippen LogP contribution in [0.25, 0.3) is 0 Å². The SMILES string of the molecule is O=C1C=CC(Nc2nc(N3CCCC3C(=O)Nc3ccc(F)nc3)nc3c2CCC3)=NC1. The number of aromatic nitrogens is 3. The number of rotatable bonds is 4. The second-order valence-corrected chi connectivity index (χ2v) is 7.99. The number of dihydropyridines is 1. The number of carbonyl (C=O) groups is 2. The van der Waals surface area contributed by atoms with E-state index in [1.807, 2.05) is 4.90 Å². The minimum atomic E-state index is -0.598. The van der Waals surface area contributed by atoms with Crippen molar-refractivity contribution in [3.63, 3.8) is 0 Å². The van der Waals surface area contributed by atoms with Gasteiger partial charge in [-0.2, -0.15) is 9.37 Å². The van der Waals surface area contributed by atoms with Crippen LogP contribution in [0.4, 0.5) is 21.8 Å². The first kappa shape index (κ1) is 20.2. The zero-order chi connectivity index (χ0) is 22.1. The molecule has 2 N–H and O–H groups in total. The Balaban J connectivity index is 1.39. The minimum absolute atomic E-state index is 0.0357. The first-order valence-corrected chi connectivity index (χ1v) is 10.7. The third-order valence-electron chi connectivity index (χ3n) is 5.81. The molecule has 9 nitrogen and oxygen atoms in total. The van der Waals surface area contributed by atoms with Gasteiger partial charge < -0.3 is 15.5 Å². The van der Waals surface area contributed by atoms with Crippen LogP contribution in [0.3, 0.4) is 0 Å². The van der Waals surface area contributed by atoms with Crippen molar-refractivity contribution in [2.75, 3.05) is 28.6 Å². The summed E-state index contributed by atoms with van der Waals surface area (Å²) in [4.78, 5) is 43.6. The number of hydrogen-bond donors (Lipinski definition) is 2.